The molecule has 0 aromatic carbocycles. The van der Waals surface area contributed by atoms with Gasteiger partial charge in [0.05, 0.1) is 50.7 Å². The summed E-state index contributed by atoms with van der Waals surface area (Å²) in [6.45, 7) is 2.29. The second-order valence-corrected chi connectivity index (χ2v) is 34.2. The van der Waals surface area contributed by atoms with E-state index >= 15 is 0 Å². The molecule has 0 aromatic rings. The van der Waals surface area contributed by atoms with Crippen LogP contribution >= 0.6 is 0 Å². The van der Waals surface area contributed by atoms with Gasteiger partial charge >= 0.3 is 5.97 Å². The summed E-state index contributed by atoms with van der Waals surface area (Å²) < 4.78 is 35.1. The van der Waals surface area contributed by atoms with Crippen molar-refractivity contribution in [2.75, 3.05) is 26.4 Å². The van der Waals surface area contributed by atoms with Gasteiger partial charge in [-0.1, -0.05) is 366 Å². The first-order chi connectivity index (χ1) is 55.4. The molecule has 3 aliphatic heterocycles. The number of hydrogen-bond donors (Lipinski definition) is 14. The van der Waals surface area contributed by atoms with E-state index in [0.717, 1.165) is 58.3 Å². The summed E-state index contributed by atoms with van der Waals surface area (Å²) in [5.74, 6) is -6.09. The summed E-state index contributed by atoms with van der Waals surface area (Å²) in [5, 5.41) is 137. The topological polar surface area (TPSA) is 373 Å². The van der Waals surface area contributed by atoms with Crippen molar-refractivity contribution in [3.05, 3.63) is 12.2 Å². The Morgan fingerprint density at radius 3 is 1.18 bits per heavy atom. The van der Waals surface area contributed by atoms with E-state index in [2.05, 4.69) is 36.6 Å². The van der Waals surface area contributed by atoms with Crippen molar-refractivity contribution in [1.29, 1.82) is 0 Å². The van der Waals surface area contributed by atoms with Crippen LogP contribution in [-0.4, -0.2) is 215 Å². The van der Waals surface area contributed by atoms with Crippen LogP contribution in [0.4, 0.5) is 0 Å². The molecule has 0 spiro atoms. The lowest BCUT2D eigenvalue weighted by atomic mass is 9.88. The second-order valence-electron chi connectivity index (χ2n) is 34.2. The molecule has 14 N–H and O–H groups in total. The van der Waals surface area contributed by atoms with Crippen LogP contribution in [0.1, 0.15) is 412 Å². The monoisotopic (exact) mass is 1630 g/mol. The first-order valence-corrected chi connectivity index (χ1v) is 47.0. The summed E-state index contributed by atoms with van der Waals surface area (Å²) in [7, 11) is 0. The molecule has 3 heterocycles. The molecule has 3 saturated heterocycles. The molecule has 0 radical (unpaired) electrons. The van der Waals surface area contributed by atoms with Crippen molar-refractivity contribution in [1.82, 2.24) is 10.6 Å². The Hall–Kier alpha value is -2.53. The number of hydrogen-bond acceptors (Lipinski definition) is 20. The van der Waals surface area contributed by atoms with Crippen molar-refractivity contribution < 1.29 is 104 Å². The van der Waals surface area contributed by atoms with Gasteiger partial charge in [0.25, 0.3) is 5.79 Å². The molecule has 18 unspecified atom stereocenters. The number of ether oxygens (including phenoxy) is 6. The van der Waals surface area contributed by atoms with E-state index in [1.54, 1.807) is 0 Å². The maximum absolute atomic E-state index is 13.6. The van der Waals surface area contributed by atoms with Crippen molar-refractivity contribution in [3.8, 4) is 0 Å². The molecule has 672 valence electrons. The zero-order valence-electron chi connectivity index (χ0n) is 72.0. The summed E-state index contributed by atoms with van der Waals surface area (Å²) in [6.07, 6.45) is 50.9. The minimum atomic E-state index is -3.08. The van der Waals surface area contributed by atoms with Crippen LogP contribution in [-0.2, 0) is 42.8 Å². The van der Waals surface area contributed by atoms with Gasteiger partial charge in [-0.25, -0.2) is 4.79 Å². The fourth-order valence-electron chi connectivity index (χ4n) is 16.6. The van der Waals surface area contributed by atoms with Gasteiger partial charge in [0.15, 0.2) is 12.6 Å². The van der Waals surface area contributed by atoms with Crippen LogP contribution in [0.25, 0.3) is 0 Å². The van der Waals surface area contributed by atoms with Gasteiger partial charge in [0, 0.05) is 19.8 Å². The van der Waals surface area contributed by atoms with E-state index in [4.69, 9.17) is 28.4 Å². The highest BCUT2D eigenvalue weighted by Gasteiger charge is 2.60. The lowest BCUT2D eigenvalue weighted by Gasteiger charge is -2.50. The average molecular weight is 1630 g/mol. The molecule has 3 aliphatic rings. The second kappa shape index (κ2) is 69.0. The van der Waals surface area contributed by atoms with Crippen molar-refractivity contribution in [2.45, 2.75) is 522 Å². The van der Waals surface area contributed by atoms with Gasteiger partial charge in [0.2, 0.25) is 11.8 Å². The molecule has 0 aromatic heterocycles. The van der Waals surface area contributed by atoms with Crippen LogP contribution in [0.5, 0.6) is 0 Å². The van der Waals surface area contributed by atoms with Gasteiger partial charge < -0.3 is 100 Å². The summed E-state index contributed by atoms with van der Waals surface area (Å²) >= 11 is 0. The first kappa shape index (κ1) is 106. The van der Waals surface area contributed by atoms with E-state index in [9.17, 15) is 75.7 Å². The third-order valence-corrected chi connectivity index (χ3v) is 24.0. The number of allylic oxidation sites excluding steroid dienone is 2. The Balaban J connectivity index is 1.41. The highest BCUT2D eigenvalue weighted by Crippen LogP contribution is 2.39. The van der Waals surface area contributed by atoms with Crippen molar-refractivity contribution in [3.63, 3.8) is 0 Å². The first-order valence-electron chi connectivity index (χ1n) is 47.0. The standard InChI is InChI=1S/C91H172N2O21/c1-4-6-8-10-12-14-16-18-20-22-24-26-28-29-30-31-32-33-34-35-36-37-38-39-40-41-43-45-47-49-51-53-55-57-59-61-63-65-78(101)93-72(73(98)64-62-60-58-56-54-52-50-48-46-44-42-27-25-23-21-19-17-15-13-11-9-7-5-2)70-109-88-83(105)82(104)85(77(69-96)111-88)112-89-84(106)87(81(103)76(68-95)110-89)114-91(90(107)108)66-74(99)79(92-71(3)97)86(113-91)80(102)75(100)67-94/h33-34,72-77,79-89,94-96,98-100,102-106H,4-32,35-70H2,1-3H3,(H,92,97)(H,93,101)(H,107,108)/b34-33-. The van der Waals surface area contributed by atoms with E-state index in [-0.39, 0.29) is 18.9 Å². The molecule has 2 amide bonds. The Morgan fingerprint density at radius 1 is 0.447 bits per heavy atom. The van der Waals surface area contributed by atoms with E-state index in [1.807, 2.05) is 0 Å². The third-order valence-electron chi connectivity index (χ3n) is 24.0. The lowest BCUT2D eigenvalue weighted by Crippen LogP contribution is -2.70. The fourth-order valence-corrected chi connectivity index (χ4v) is 16.6. The zero-order valence-corrected chi connectivity index (χ0v) is 72.0. The molecular weight excluding hydrogens is 1460 g/mol. The van der Waals surface area contributed by atoms with Crippen molar-refractivity contribution >= 4 is 17.8 Å². The molecule has 3 rings (SSSR count). The number of aliphatic hydroxyl groups excluding tert-OH is 11. The van der Waals surface area contributed by atoms with E-state index in [1.165, 1.54) is 308 Å². The van der Waals surface area contributed by atoms with Crippen LogP contribution in [0, 0.1) is 0 Å². The smallest absolute Gasteiger partial charge is 0.364 e. The summed E-state index contributed by atoms with van der Waals surface area (Å²) in [5.41, 5.74) is 0. The van der Waals surface area contributed by atoms with Gasteiger partial charge in [-0.3, -0.25) is 9.59 Å². The maximum atomic E-state index is 13.6. The molecule has 0 aliphatic carbocycles. The highest BCUT2D eigenvalue weighted by molar-refractivity contribution is 5.77. The molecule has 23 nitrogen and oxygen atoms in total. The van der Waals surface area contributed by atoms with Crippen LogP contribution in [0.2, 0.25) is 0 Å². The Morgan fingerprint density at radius 2 is 0.816 bits per heavy atom. The summed E-state index contributed by atoms with van der Waals surface area (Å²) in [4.78, 5) is 38.8. The Labute approximate surface area is 690 Å². The number of carbonyl (C=O) groups is 3. The average Bonchev–Trinajstić information content (AvgIpc) is 0.753. The predicted molar refractivity (Wildman–Crippen MR) is 449 cm³/mol. The maximum Gasteiger partial charge on any atom is 0.364 e. The van der Waals surface area contributed by atoms with Gasteiger partial charge in [0.1, 0.15) is 67.1 Å². The lowest BCUT2D eigenvalue weighted by molar-refractivity contribution is -0.386. The molecule has 0 bridgehead atoms. The molecule has 18 atom stereocenters. The minimum absolute atomic E-state index is 0.228. The summed E-state index contributed by atoms with van der Waals surface area (Å²) in [6, 6.07) is -2.53. The van der Waals surface area contributed by atoms with Gasteiger partial charge in [-0.05, 0) is 38.5 Å². The van der Waals surface area contributed by atoms with E-state index < -0.39 is 148 Å². The van der Waals surface area contributed by atoms with Crippen LogP contribution in [0.3, 0.4) is 0 Å². The number of unbranched alkanes of at least 4 members (excludes halogenated alkanes) is 55. The van der Waals surface area contributed by atoms with E-state index in [0.29, 0.717) is 19.3 Å². The molecule has 0 saturated carbocycles. The number of carboxylic acids is 1. The highest BCUT2D eigenvalue weighted by atomic mass is 16.8. The number of aliphatic hydroxyl groups is 11. The molecule has 3 fully saturated rings. The van der Waals surface area contributed by atoms with Crippen molar-refractivity contribution in [2.24, 2.45) is 0 Å². The number of carbonyl (C=O) groups excluding carboxylic acids is 2. The fraction of sp³-hybridized carbons (Fsp3) is 0.945. The molecular formula is C91H172N2O21. The minimum Gasteiger partial charge on any atom is -0.477 e. The van der Waals surface area contributed by atoms with Gasteiger partial charge in [-0.2, -0.15) is 0 Å². The third kappa shape index (κ3) is 47.0. The molecule has 23 heteroatoms. The predicted octanol–water partition coefficient (Wildman–Crippen LogP) is 15.6. The number of rotatable bonds is 77. The van der Waals surface area contributed by atoms with Crippen LogP contribution in [0.15, 0.2) is 12.2 Å². The zero-order chi connectivity index (χ0) is 83.1. The number of nitrogens with one attached hydrogen (secondary N) is 2. The number of aliphatic carboxylic acids is 1. The van der Waals surface area contributed by atoms with Gasteiger partial charge in [-0.15, -0.1) is 0 Å². The largest absolute Gasteiger partial charge is 0.477 e. The molecule has 114 heavy (non-hydrogen) atoms. The Kier molecular flexibility index (Phi) is 64.0. The number of carboxylic acid groups (broad SMARTS) is 1. The number of amides is 2. The SMILES string of the molecule is CCCCCCCCCCCCCCCCCC/C=C\CCCCCCCCCCCCCCCCCCCC(=O)NC(COC1OC(CO)C(OC2OC(CO)C(O)C(OC3(C(=O)O)CC(O)C(NC(C)=O)C(C(O)C(O)CO)O3)C2O)C(O)C1O)C(O)CCCCCCCCCCCCCCCCCCCCCCCCC. The quantitative estimate of drug-likeness (QED) is 0.0199. The Bertz CT molecular complexity index is 2300. The normalized spacial score (nSPS) is 25.1. The van der Waals surface area contributed by atoms with Crippen LogP contribution < -0.4 is 10.6 Å².